The number of aromatic nitrogens is 1. The van der Waals surface area contributed by atoms with Crippen molar-refractivity contribution >= 4 is 0 Å². The van der Waals surface area contributed by atoms with Crippen LogP contribution in [-0.4, -0.2) is 24.5 Å². The van der Waals surface area contributed by atoms with Crippen molar-refractivity contribution in [2.75, 3.05) is 14.2 Å². The Balaban J connectivity index is 2.10. The predicted molar refractivity (Wildman–Crippen MR) is 91.1 cm³/mol. The van der Waals surface area contributed by atoms with Crippen molar-refractivity contribution in [3.05, 3.63) is 53.6 Å². The molecule has 0 saturated heterocycles. The van der Waals surface area contributed by atoms with Gasteiger partial charge in [-0.25, -0.2) is 0 Å². The van der Waals surface area contributed by atoms with E-state index < -0.39 is 0 Å². The van der Waals surface area contributed by atoms with E-state index in [1.165, 1.54) is 0 Å². The average Bonchev–Trinajstić information content (AvgIpc) is 3.05. The summed E-state index contributed by atoms with van der Waals surface area (Å²) < 4.78 is 16.1. The molecule has 3 aromatic rings. The van der Waals surface area contributed by atoms with Gasteiger partial charge < -0.3 is 19.1 Å². The smallest absolute Gasteiger partial charge is 0.173 e. The lowest BCUT2D eigenvalue weighted by Crippen LogP contribution is -1.93. The first-order valence-corrected chi connectivity index (χ1v) is 7.56. The molecule has 1 heterocycles. The van der Waals surface area contributed by atoms with E-state index in [0.29, 0.717) is 28.5 Å². The number of hydrogen-bond acceptors (Lipinski definition) is 5. The average molecular weight is 325 g/mol. The molecule has 1 N–H and O–H groups in total. The SMILES string of the molecule is COc1ccc(-c2noc(-c3cccc(C)c3)c2CO)cc1OC. The van der Waals surface area contributed by atoms with Crippen molar-refractivity contribution in [3.8, 4) is 34.1 Å². The number of aliphatic hydroxyl groups is 1. The molecule has 0 aliphatic carbocycles. The Morgan fingerprint density at radius 1 is 1.00 bits per heavy atom. The van der Waals surface area contributed by atoms with Gasteiger partial charge in [0.15, 0.2) is 17.3 Å². The summed E-state index contributed by atoms with van der Waals surface area (Å²) in [5.41, 5.74) is 4.03. The lowest BCUT2D eigenvalue weighted by molar-refractivity contribution is 0.281. The molecule has 2 aromatic carbocycles. The Kier molecular flexibility index (Phi) is 4.53. The van der Waals surface area contributed by atoms with Crippen LogP contribution in [0.4, 0.5) is 0 Å². The molecule has 0 atom stereocenters. The molecule has 0 radical (unpaired) electrons. The maximum atomic E-state index is 9.85. The minimum Gasteiger partial charge on any atom is -0.493 e. The molecule has 0 aliphatic heterocycles. The van der Waals surface area contributed by atoms with Gasteiger partial charge in [-0.15, -0.1) is 0 Å². The number of aryl methyl sites for hydroxylation is 1. The number of benzene rings is 2. The van der Waals surface area contributed by atoms with Crippen molar-refractivity contribution in [1.82, 2.24) is 5.16 Å². The molecule has 3 rings (SSSR count). The van der Waals surface area contributed by atoms with Gasteiger partial charge in [-0.3, -0.25) is 0 Å². The van der Waals surface area contributed by atoms with Gasteiger partial charge in [0.05, 0.1) is 26.4 Å². The van der Waals surface area contributed by atoms with Crippen molar-refractivity contribution in [2.45, 2.75) is 13.5 Å². The summed E-state index contributed by atoms with van der Waals surface area (Å²) in [6.45, 7) is 1.84. The van der Waals surface area contributed by atoms with Crippen LogP contribution >= 0.6 is 0 Å². The zero-order valence-electron chi connectivity index (χ0n) is 13.9. The molecule has 0 amide bonds. The Morgan fingerprint density at radius 2 is 1.79 bits per heavy atom. The van der Waals surface area contributed by atoms with Crippen LogP contribution in [0.5, 0.6) is 11.5 Å². The summed E-state index contributed by atoms with van der Waals surface area (Å²) in [7, 11) is 3.16. The fourth-order valence-electron chi connectivity index (χ4n) is 2.68. The van der Waals surface area contributed by atoms with E-state index in [4.69, 9.17) is 14.0 Å². The molecule has 24 heavy (non-hydrogen) atoms. The molecule has 0 fully saturated rings. The number of methoxy groups -OCH3 is 2. The van der Waals surface area contributed by atoms with E-state index >= 15 is 0 Å². The zero-order chi connectivity index (χ0) is 17.1. The number of aliphatic hydroxyl groups excluding tert-OH is 1. The highest BCUT2D eigenvalue weighted by Gasteiger charge is 2.19. The van der Waals surface area contributed by atoms with E-state index in [1.807, 2.05) is 43.3 Å². The van der Waals surface area contributed by atoms with Gasteiger partial charge in [-0.2, -0.15) is 0 Å². The third kappa shape index (κ3) is 2.86. The molecule has 0 spiro atoms. The van der Waals surface area contributed by atoms with Gasteiger partial charge in [0.25, 0.3) is 0 Å². The van der Waals surface area contributed by atoms with Gasteiger partial charge in [0.2, 0.25) is 0 Å². The number of rotatable bonds is 5. The molecule has 0 saturated carbocycles. The van der Waals surface area contributed by atoms with E-state index in [-0.39, 0.29) is 6.61 Å². The van der Waals surface area contributed by atoms with E-state index in [1.54, 1.807) is 20.3 Å². The van der Waals surface area contributed by atoms with Crippen LogP contribution in [-0.2, 0) is 6.61 Å². The highest BCUT2D eigenvalue weighted by atomic mass is 16.5. The summed E-state index contributed by atoms with van der Waals surface area (Å²) in [6, 6.07) is 13.4. The van der Waals surface area contributed by atoms with Crippen LogP contribution in [0, 0.1) is 6.92 Å². The number of ether oxygens (including phenoxy) is 2. The van der Waals surface area contributed by atoms with Crippen LogP contribution in [0.15, 0.2) is 47.0 Å². The summed E-state index contributed by atoms with van der Waals surface area (Å²) in [4.78, 5) is 0. The molecular weight excluding hydrogens is 306 g/mol. The number of hydrogen-bond donors (Lipinski definition) is 1. The molecule has 5 nitrogen and oxygen atoms in total. The molecule has 124 valence electrons. The summed E-state index contributed by atoms with van der Waals surface area (Å²) in [5, 5.41) is 14.0. The van der Waals surface area contributed by atoms with Gasteiger partial charge in [-0.05, 0) is 31.2 Å². The topological polar surface area (TPSA) is 64.7 Å². The van der Waals surface area contributed by atoms with Crippen molar-refractivity contribution < 1.29 is 19.1 Å². The Labute approximate surface area is 140 Å². The van der Waals surface area contributed by atoms with Crippen LogP contribution in [0.3, 0.4) is 0 Å². The van der Waals surface area contributed by atoms with Crippen LogP contribution in [0.2, 0.25) is 0 Å². The Morgan fingerprint density at radius 3 is 2.46 bits per heavy atom. The van der Waals surface area contributed by atoms with Gasteiger partial charge >= 0.3 is 0 Å². The summed E-state index contributed by atoms with van der Waals surface area (Å²) in [5.74, 6) is 1.80. The molecule has 5 heteroatoms. The maximum Gasteiger partial charge on any atom is 0.173 e. The number of nitrogens with zero attached hydrogens (tertiary/aromatic N) is 1. The Hall–Kier alpha value is -2.79. The third-order valence-electron chi connectivity index (χ3n) is 3.88. The second-order valence-corrected chi connectivity index (χ2v) is 5.44. The van der Waals surface area contributed by atoms with E-state index in [2.05, 4.69) is 5.16 Å². The monoisotopic (exact) mass is 325 g/mol. The normalized spacial score (nSPS) is 10.7. The third-order valence-corrected chi connectivity index (χ3v) is 3.88. The second-order valence-electron chi connectivity index (χ2n) is 5.44. The predicted octanol–water partition coefficient (Wildman–Crippen LogP) is 3.83. The van der Waals surface area contributed by atoms with Crippen LogP contribution in [0.1, 0.15) is 11.1 Å². The van der Waals surface area contributed by atoms with Crippen molar-refractivity contribution in [1.29, 1.82) is 0 Å². The van der Waals surface area contributed by atoms with Crippen molar-refractivity contribution in [3.63, 3.8) is 0 Å². The zero-order valence-corrected chi connectivity index (χ0v) is 13.9. The fraction of sp³-hybridized carbons (Fsp3) is 0.211. The van der Waals surface area contributed by atoms with Gasteiger partial charge in [-0.1, -0.05) is 28.9 Å². The van der Waals surface area contributed by atoms with Gasteiger partial charge in [0.1, 0.15) is 5.69 Å². The molecule has 0 bridgehead atoms. The second kappa shape index (κ2) is 6.76. The van der Waals surface area contributed by atoms with E-state index in [0.717, 1.165) is 16.7 Å². The standard InChI is InChI=1S/C19H19NO4/c1-12-5-4-6-14(9-12)19-15(11-21)18(20-24-19)13-7-8-16(22-2)17(10-13)23-3/h4-10,21H,11H2,1-3H3. The lowest BCUT2D eigenvalue weighted by Gasteiger charge is -2.09. The highest BCUT2D eigenvalue weighted by molar-refractivity contribution is 5.74. The van der Waals surface area contributed by atoms with E-state index in [9.17, 15) is 5.11 Å². The van der Waals surface area contributed by atoms with Crippen LogP contribution in [0.25, 0.3) is 22.6 Å². The molecular formula is C19H19NO4. The maximum absolute atomic E-state index is 9.85. The highest BCUT2D eigenvalue weighted by Crippen LogP contribution is 2.36. The van der Waals surface area contributed by atoms with Crippen molar-refractivity contribution in [2.24, 2.45) is 0 Å². The minimum atomic E-state index is -0.170. The Bertz CT molecular complexity index is 854. The molecule has 0 aliphatic rings. The summed E-state index contributed by atoms with van der Waals surface area (Å²) >= 11 is 0. The summed E-state index contributed by atoms with van der Waals surface area (Å²) in [6.07, 6.45) is 0. The molecule has 0 unspecified atom stereocenters. The fourth-order valence-corrected chi connectivity index (χ4v) is 2.68. The van der Waals surface area contributed by atoms with Gasteiger partial charge in [0, 0.05) is 11.1 Å². The first-order valence-electron chi connectivity index (χ1n) is 7.56. The first kappa shape index (κ1) is 16.1. The quantitative estimate of drug-likeness (QED) is 0.772. The molecule has 1 aromatic heterocycles. The lowest BCUT2D eigenvalue weighted by atomic mass is 10.0. The van der Waals surface area contributed by atoms with Crippen LogP contribution < -0.4 is 9.47 Å². The largest absolute Gasteiger partial charge is 0.493 e. The first-order chi connectivity index (χ1) is 11.7. The minimum absolute atomic E-state index is 0.170.